The number of alkyl halides is 3. The van der Waals surface area contributed by atoms with Crippen LogP contribution in [0.1, 0.15) is 38.8 Å². The summed E-state index contributed by atoms with van der Waals surface area (Å²) in [6.07, 6.45) is -3.17. The van der Waals surface area contributed by atoms with E-state index >= 15 is 0 Å². The van der Waals surface area contributed by atoms with Gasteiger partial charge in [0, 0.05) is 12.0 Å². The molecule has 0 unspecified atom stereocenters. The summed E-state index contributed by atoms with van der Waals surface area (Å²) in [5.41, 5.74) is 0.347. The second-order valence-corrected chi connectivity index (χ2v) is 6.85. The zero-order valence-electron chi connectivity index (χ0n) is 13.0. The van der Waals surface area contributed by atoms with Gasteiger partial charge in [-0.15, -0.1) is 0 Å². The molecule has 1 fully saturated rings. The van der Waals surface area contributed by atoms with Crippen molar-refractivity contribution in [3.05, 3.63) is 34.9 Å². The number of hydrogen-bond donors (Lipinski definition) is 0. The Bertz CT molecular complexity index is 631. The van der Waals surface area contributed by atoms with Crippen molar-refractivity contribution in [1.29, 1.82) is 0 Å². The molecule has 0 N–H and O–H groups in total. The highest BCUT2D eigenvalue weighted by Gasteiger charge is 2.52. The van der Waals surface area contributed by atoms with Crippen LogP contribution in [0.3, 0.4) is 0 Å². The van der Waals surface area contributed by atoms with Crippen molar-refractivity contribution < 1.29 is 22.5 Å². The van der Waals surface area contributed by atoms with Crippen molar-refractivity contribution in [2.45, 2.75) is 51.5 Å². The van der Waals surface area contributed by atoms with Crippen molar-refractivity contribution in [2.24, 2.45) is 0 Å². The maximum Gasteiger partial charge on any atom is 0.495 e. The van der Waals surface area contributed by atoms with Crippen molar-refractivity contribution in [3.63, 3.8) is 0 Å². The average molecular weight is 310 g/mol. The van der Waals surface area contributed by atoms with E-state index in [2.05, 4.69) is 0 Å². The smallest absolute Gasteiger partial charge is 0.399 e. The van der Waals surface area contributed by atoms with E-state index in [4.69, 9.17) is 9.31 Å². The molecule has 0 aromatic heterocycles. The molecule has 3 rings (SSSR count). The molecule has 0 bridgehead atoms. The second-order valence-electron chi connectivity index (χ2n) is 6.85. The van der Waals surface area contributed by atoms with E-state index in [1.807, 2.05) is 27.7 Å². The van der Waals surface area contributed by atoms with Crippen LogP contribution in [-0.2, 0) is 15.7 Å². The number of halogens is 3. The van der Waals surface area contributed by atoms with Crippen LogP contribution in [0, 0.1) is 0 Å². The van der Waals surface area contributed by atoms with Gasteiger partial charge in [0.05, 0.1) is 11.2 Å². The third-order valence-corrected chi connectivity index (χ3v) is 4.80. The molecule has 22 heavy (non-hydrogen) atoms. The quantitative estimate of drug-likeness (QED) is 0.739. The molecule has 6 heteroatoms. The first-order valence-electron chi connectivity index (χ1n) is 7.26. The predicted molar refractivity (Wildman–Crippen MR) is 79.9 cm³/mol. The molecule has 1 aliphatic carbocycles. The molecule has 0 radical (unpaired) electrons. The maximum absolute atomic E-state index is 12.9. The fourth-order valence-corrected chi connectivity index (χ4v) is 2.75. The van der Waals surface area contributed by atoms with E-state index < -0.39 is 30.1 Å². The van der Waals surface area contributed by atoms with Crippen LogP contribution in [0.25, 0.3) is 6.08 Å². The Morgan fingerprint density at radius 3 is 2.18 bits per heavy atom. The lowest BCUT2D eigenvalue weighted by Crippen LogP contribution is -2.41. The molecular weight excluding hydrogens is 292 g/mol. The number of fused-ring (bicyclic) bond motifs is 1. The van der Waals surface area contributed by atoms with Gasteiger partial charge in [0.1, 0.15) is 0 Å². The van der Waals surface area contributed by atoms with Crippen molar-refractivity contribution in [2.75, 3.05) is 0 Å². The zero-order chi connectivity index (χ0) is 16.3. The average Bonchev–Trinajstić information content (AvgIpc) is 2.88. The third kappa shape index (κ3) is 2.38. The molecular formula is C16H18BF3O2. The molecule has 0 atom stereocenters. The van der Waals surface area contributed by atoms with E-state index in [0.29, 0.717) is 16.6 Å². The van der Waals surface area contributed by atoms with Crippen LogP contribution in [0.5, 0.6) is 0 Å². The van der Waals surface area contributed by atoms with Gasteiger partial charge in [-0.2, -0.15) is 13.2 Å². The maximum atomic E-state index is 12.9. The summed E-state index contributed by atoms with van der Waals surface area (Å²) >= 11 is 0. The molecule has 0 saturated carbocycles. The first kappa shape index (κ1) is 15.6. The number of rotatable bonds is 1. The lowest BCUT2D eigenvalue weighted by molar-refractivity contribution is -0.0918. The summed E-state index contributed by atoms with van der Waals surface area (Å²) in [5, 5.41) is 0. The van der Waals surface area contributed by atoms with Gasteiger partial charge in [-0.3, -0.25) is 0 Å². The summed E-state index contributed by atoms with van der Waals surface area (Å²) < 4.78 is 50.8. The molecule has 1 saturated heterocycles. The van der Waals surface area contributed by atoms with E-state index in [1.165, 1.54) is 6.08 Å². The van der Waals surface area contributed by atoms with Crippen molar-refractivity contribution in [1.82, 2.24) is 0 Å². The molecule has 2 aliphatic rings. The van der Waals surface area contributed by atoms with Crippen LogP contribution in [0.4, 0.5) is 13.2 Å². The van der Waals surface area contributed by atoms with Gasteiger partial charge in [-0.25, -0.2) is 0 Å². The van der Waals surface area contributed by atoms with Gasteiger partial charge < -0.3 is 9.31 Å². The highest BCUT2D eigenvalue weighted by atomic mass is 19.4. The van der Waals surface area contributed by atoms with E-state index in [9.17, 15) is 13.2 Å². The van der Waals surface area contributed by atoms with Gasteiger partial charge >= 0.3 is 13.3 Å². The van der Waals surface area contributed by atoms with Crippen LogP contribution in [-0.4, -0.2) is 24.5 Å². The van der Waals surface area contributed by atoms with Gasteiger partial charge in [0.2, 0.25) is 0 Å². The molecule has 0 amide bonds. The van der Waals surface area contributed by atoms with E-state index in [0.717, 1.165) is 0 Å². The van der Waals surface area contributed by atoms with Gasteiger partial charge in [-0.05, 0) is 50.4 Å². The SMILES string of the molecule is CC1(C)OB(c2cccc3c2C=C(C(F)(F)F)C3)OC1(C)C. The van der Waals surface area contributed by atoms with Crippen LogP contribution < -0.4 is 5.46 Å². The lowest BCUT2D eigenvalue weighted by atomic mass is 9.75. The molecule has 1 aromatic rings. The van der Waals surface area contributed by atoms with Gasteiger partial charge in [-0.1, -0.05) is 18.2 Å². The molecule has 0 spiro atoms. The fourth-order valence-electron chi connectivity index (χ4n) is 2.75. The van der Waals surface area contributed by atoms with Gasteiger partial charge in [0.25, 0.3) is 0 Å². The standard InChI is InChI=1S/C16H18BF3O2/c1-14(2)15(3,4)22-17(21-14)13-7-5-6-10-8-11(9-12(10)13)16(18,19)20/h5-7,9H,8H2,1-4H3. The highest BCUT2D eigenvalue weighted by molar-refractivity contribution is 6.63. The fraction of sp³-hybridized carbons (Fsp3) is 0.500. The molecule has 118 valence electrons. The van der Waals surface area contributed by atoms with Crippen molar-refractivity contribution in [3.8, 4) is 0 Å². The third-order valence-electron chi connectivity index (χ3n) is 4.80. The summed E-state index contributed by atoms with van der Waals surface area (Å²) in [6.45, 7) is 7.70. The Morgan fingerprint density at radius 1 is 1.05 bits per heavy atom. The molecule has 1 aromatic carbocycles. The summed E-state index contributed by atoms with van der Waals surface area (Å²) in [7, 11) is -0.649. The number of allylic oxidation sites excluding steroid dienone is 1. The molecule has 1 aliphatic heterocycles. The van der Waals surface area contributed by atoms with Crippen LogP contribution in [0.2, 0.25) is 0 Å². The Kier molecular flexibility index (Phi) is 3.28. The van der Waals surface area contributed by atoms with E-state index in [1.54, 1.807) is 18.2 Å². The highest BCUT2D eigenvalue weighted by Crippen LogP contribution is 2.39. The topological polar surface area (TPSA) is 18.5 Å². The summed E-state index contributed by atoms with van der Waals surface area (Å²) in [5.74, 6) is 0. The monoisotopic (exact) mass is 310 g/mol. The largest absolute Gasteiger partial charge is 0.495 e. The first-order chi connectivity index (χ1) is 10.0. The number of benzene rings is 1. The Morgan fingerprint density at radius 2 is 1.64 bits per heavy atom. The minimum Gasteiger partial charge on any atom is -0.399 e. The van der Waals surface area contributed by atoms with Gasteiger partial charge in [0.15, 0.2) is 0 Å². The van der Waals surface area contributed by atoms with Crippen LogP contribution >= 0.6 is 0 Å². The normalized spacial score (nSPS) is 22.7. The Balaban J connectivity index is 1.99. The zero-order valence-corrected chi connectivity index (χ0v) is 13.0. The Hall–Kier alpha value is -1.27. The minimum atomic E-state index is -4.30. The number of hydrogen-bond acceptors (Lipinski definition) is 2. The minimum absolute atomic E-state index is 0.0911. The lowest BCUT2D eigenvalue weighted by Gasteiger charge is -2.32. The summed E-state index contributed by atoms with van der Waals surface area (Å²) in [6, 6.07) is 5.25. The first-order valence-corrected chi connectivity index (χ1v) is 7.26. The molecule has 2 nitrogen and oxygen atoms in total. The van der Waals surface area contributed by atoms with Crippen LogP contribution in [0.15, 0.2) is 23.8 Å². The van der Waals surface area contributed by atoms with E-state index in [-0.39, 0.29) is 6.42 Å². The predicted octanol–water partition coefficient (Wildman–Crippen LogP) is 3.49. The summed E-state index contributed by atoms with van der Waals surface area (Å²) in [4.78, 5) is 0. The molecule has 1 heterocycles. The second kappa shape index (κ2) is 4.62. The van der Waals surface area contributed by atoms with Crippen molar-refractivity contribution >= 4 is 18.7 Å². The Labute approximate surface area is 128 Å².